The first-order chi connectivity index (χ1) is 18.0. The lowest BCUT2D eigenvalue weighted by atomic mass is 10.0. The summed E-state index contributed by atoms with van der Waals surface area (Å²) in [5.74, 6) is 0.435. The van der Waals surface area contributed by atoms with Crippen LogP contribution in [0.25, 0.3) is 11.1 Å². The van der Waals surface area contributed by atoms with E-state index >= 15 is 0 Å². The van der Waals surface area contributed by atoms with Gasteiger partial charge in [0.25, 0.3) is 5.91 Å². The summed E-state index contributed by atoms with van der Waals surface area (Å²) in [6.45, 7) is -0.447. The van der Waals surface area contributed by atoms with Crippen LogP contribution in [0.1, 0.15) is 55.8 Å². The third-order valence-corrected chi connectivity index (χ3v) is 6.22. The minimum atomic E-state index is -0.885. The van der Waals surface area contributed by atoms with E-state index in [1.165, 1.54) is 0 Å². The fourth-order valence-electron chi connectivity index (χ4n) is 4.03. The average Bonchev–Trinajstić information content (AvgIpc) is 3.76. The standard InChI is InChI=1S/C30H33NO5/c1-35-27-18-14-23(15-19-27)22-10-12-24(13-11-22)30(34)31(26-16-17-26)21-25-7-4-5-8-28(25)36-20-6-2-3-9-29(32)33/h4-5,7-8,10-15,18-19,26H,2-3,6,9,16-17,20-21H2,1H3,(H,32,33)/i21D. The van der Waals surface area contributed by atoms with Crippen molar-refractivity contribution in [3.05, 3.63) is 83.9 Å². The van der Waals surface area contributed by atoms with Crippen molar-refractivity contribution in [3.63, 3.8) is 0 Å². The van der Waals surface area contributed by atoms with Crippen LogP contribution in [0.3, 0.4) is 0 Å². The monoisotopic (exact) mass is 488 g/mol. The topological polar surface area (TPSA) is 76.1 Å². The summed E-state index contributed by atoms with van der Waals surface area (Å²) in [5.41, 5.74) is 3.24. The van der Waals surface area contributed by atoms with E-state index in [9.17, 15) is 9.59 Å². The number of para-hydroxylation sites is 1. The molecule has 4 rings (SSSR count). The molecule has 0 saturated heterocycles. The molecule has 6 nitrogen and oxygen atoms in total. The number of carbonyl (C=O) groups excluding carboxylic acids is 1. The SMILES string of the molecule is [2H]C(c1ccccc1OCCCCCC(=O)O)N(C(=O)c1ccc(-c2ccc(OC)cc2)cc1)C1CC1. The predicted octanol–water partition coefficient (Wildman–Crippen LogP) is 6.19. The summed E-state index contributed by atoms with van der Waals surface area (Å²) in [6, 6.07) is 22.7. The molecule has 0 heterocycles. The molecule has 1 unspecified atom stereocenters. The second-order valence-corrected chi connectivity index (χ2v) is 8.97. The number of carboxylic acid groups (broad SMARTS) is 1. The van der Waals surface area contributed by atoms with Gasteiger partial charge in [0.15, 0.2) is 0 Å². The highest BCUT2D eigenvalue weighted by Gasteiger charge is 2.33. The molecule has 0 aliphatic heterocycles. The van der Waals surface area contributed by atoms with Gasteiger partial charge in [0.2, 0.25) is 0 Å². The summed E-state index contributed by atoms with van der Waals surface area (Å²) in [6.07, 6.45) is 4.04. The van der Waals surface area contributed by atoms with Gasteiger partial charge in [-0.15, -0.1) is 0 Å². The molecule has 188 valence electrons. The Bertz CT molecular complexity index is 1190. The van der Waals surface area contributed by atoms with E-state index in [0.29, 0.717) is 29.9 Å². The molecule has 0 bridgehead atoms. The minimum absolute atomic E-state index is 0.0420. The smallest absolute Gasteiger partial charge is 0.303 e. The third kappa shape index (κ3) is 6.87. The van der Waals surface area contributed by atoms with Crippen LogP contribution in [-0.4, -0.2) is 41.6 Å². The first-order valence-electron chi connectivity index (χ1n) is 13.0. The van der Waals surface area contributed by atoms with Crippen molar-refractivity contribution in [1.82, 2.24) is 4.90 Å². The normalized spacial score (nSPS) is 14.0. The fraction of sp³-hybridized carbons (Fsp3) is 0.333. The van der Waals surface area contributed by atoms with Crippen LogP contribution < -0.4 is 9.47 Å². The summed E-state index contributed by atoms with van der Waals surface area (Å²) in [5, 5.41) is 8.77. The van der Waals surface area contributed by atoms with E-state index in [0.717, 1.165) is 42.6 Å². The molecule has 1 fully saturated rings. The van der Waals surface area contributed by atoms with Crippen molar-refractivity contribution in [1.29, 1.82) is 0 Å². The number of benzene rings is 3. The zero-order chi connectivity index (χ0) is 26.2. The lowest BCUT2D eigenvalue weighted by Gasteiger charge is -2.24. The summed E-state index contributed by atoms with van der Waals surface area (Å²) >= 11 is 0. The van der Waals surface area contributed by atoms with Crippen LogP contribution in [0.4, 0.5) is 0 Å². The Morgan fingerprint density at radius 1 is 0.944 bits per heavy atom. The zero-order valence-electron chi connectivity index (χ0n) is 21.6. The molecule has 1 aliphatic carbocycles. The maximum atomic E-state index is 13.6. The minimum Gasteiger partial charge on any atom is -0.497 e. The largest absolute Gasteiger partial charge is 0.497 e. The maximum Gasteiger partial charge on any atom is 0.303 e. The predicted molar refractivity (Wildman–Crippen MR) is 139 cm³/mol. The van der Waals surface area contributed by atoms with E-state index in [1.807, 2.05) is 72.8 Å². The number of carbonyl (C=O) groups is 2. The highest BCUT2D eigenvalue weighted by molar-refractivity contribution is 5.95. The van der Waals surface area contributed by atoms with Gasteiger partial charge < -0.3 is 19.5 Å². The van der Waals surface area contributed by atoms with Crippen LogP contribution in [0.5, 0.6) is 11.5 Å². The molecule has 1 atom stereocenters. The van der Waals surface area contributed by atoms with Gasteiger partial charge in [-0.1, -0.05) is 42.5 Å². The quantitative estimate of drug-likeness (QED) is 0.290. The molecule has 0 spiro atoms. The number of hydrogen-bond acceptors (Lipinski definition) is 4. The maximum absolute atomic E-state index is 13.6. The Morgan fingerprint density at radius 2 is 1.61 bits per heavy atom. The number of unbranched alkanes of at least 4 members (excludes halogenated alkanes) is 2. The highest BCUT2D eigenvalue weighted by atomic mass is 16.5. The van der Waals surface area contributed by atoms with E-state index in [2.05, 4.69) is 0 Å². The first kappa shape index (κ1) is 23.9. The van der Waals surface area contributed by atoms with Crippen molar-refractivity contribution in [2.75, 3.05) is 13.7 Å². The number of methoxy groups -OCH3 is 1. The number of aliphatic carboxylic acids is 1. The second-order valence-electron chi connectivity index (χ2n) is 8.97. The molecule has 1 amide bonds. The molecule has 1 N–H and O–H groups in total. The summed E-state index contributed by atoms with van der Waals surface area (Å²) in [4.78, 5) is 25.9. The third-order valence-electron chi connectivity index (χ3n) is 6.22. The Morgan fingerprint density at radius 3 is 2.25 bits per heavy atom. The van der Waals surface area contributed by atoms with Crippen molar-refractivity contribution < 1.29 is 25.5 Å². The average molecular weight is 489 g/mol. The fourth-order valence-corrected chi connectivity index (χ4v) is 4.03. The summed E-state index contributed by atoms with van der Waals surface area (Å²) < 4.78 is 20.2. The molecule has 3 aromatic carbocycles. The Labute approximate surface area is 213 Å². The molecule has 1 aliphatic rings. The van der Waals surface area contributed by atoms with E-state index in [4.69, 9.17) is 16.0 Å². The zero-order valence-corrected chi connectivity index (χ0v) is 20.6. The molecule has 6 heteroatoms. The van der Waals surface area contributed by atoms with Crippen LogP contribution >= 0.6 is 0 Å². The lowest BCUT2D eigenvalue weighted by molar-refractivity contribution is -0.137. The molecule has 0 aromatic heterocycles. The number of carboxylic acids is 1. The molecule has 36 heavy (non-hydrogen) atoms. The highest BCUT2D eigenvalue weighted by Crippen LogP contribution is 2.32. The van der Waals surface area contributed by atoms with Crippen molar-refractivity contribution in [2.24, 2.45) is 0 Å². The van der Waals surface area contributed by atoms with Gasteiger partial charge >= 0.3 is 5.97 Å². The van der Waals surface area contributed by atoms with Crippen molar-refractivity contribution >= 4 is 11.9 Å². The summed E-state index contributed by atoms with van der Waals surface area (Å²) in [7, 11) is 1.64. The van der Waals surface area contributed by atoms with Gasteiger partial charge in [0, 0.05) is 30.1 Å². The number of nitrogens with zero attached hydrogens (tertiary/aromatic N) is 1. The Kier molecular flexibility index (Phi) is 8.14. The molecule has 1 saturated carbocycles. The van der Waals surface area contributed by atoms with Crippen LogP contribution in [0.15, 0.2) is 72.8 Å². The van der Waals surface area contributed by atoms with Gasteiger partial charge in [-0.25, -0.2) is 0 Å². The van der Waals surface area contributed by atoms with Gasteiger partial charge in [-0.2, -0.15) is 0 Å². The number of rotatable bonds is 13. The van der Waals surface area contributed by atoms with Gasteiger partial charge in [-0.05, 0) is 73.6 Å². The van der Waals surface area contributed by atoms with Crippen LogP contribution in [-0.2, 0) is 11.3 Å². The molecule has 3 aromatic rings. The van der Waals surface area contributed by atoms with E-state index < -0.39 is 12.5 Å². The van der Waals surface area contributed by atoms with Crippen molar-refractivity contribution in [3.8, 4) is 22.6 Å². The number of hydrogen-bond donors (Lipinski definition) is 1. The van der Waals surface area contributed by atoms with E-state index in [1.54, 1.807) is 12.0 Å². The second kappa shape index (κ2) is 12.2. The lowest BCUT2D eigenvalue weighted by Crippen LogP contribution is -2.32. The molecule has 0 radical (unpaired) electrons. The van der Waals surface area contributed by atoms with Crippen molar-refractivity contribution in [2.45, 2.75) is 51.1 Å². The molecular weight excluding hydrogens is 454 g/mol. The molecular formula is C30H33NO5. The van der Waals surface area contributed by atoms with Gasteiger partial charge in [0.1, 0.15) is 11.5 Å². The van der Waals surface area contributed by atoms with Crippen LogP contribution in [0.2, 0.25) is 0 Å². The Hall–Kier alpha value is -3.80. The Balaban J connectivity index is 1.45. The van der Waals surface area contributed by atoms with Gasteiger partial charge in [-0.3, -0.25) is 9.59 Å². The van der Waals surface area contributed by atoms with Crippen LogP contribution in [0, 0.1) is 0 Å². The first-order valence-corrected chi connectivity index (χ1v) is 12.4. The number of amides is 1. The van der Waals surface area contributed by atoms with Gasteiger partial charge in [0.05, 0.1) is 15.1 Å². The number of ether oxygens (including phenoxy) is 2. The van der Waals surface area contributed by atoms with E-state index in [-0.39, 0.29) is 18.4 Å².